The van der Waals surface area contributed by atoms with Crippen LogP contribution in [0.3, 0.4) is 0 Å². The van der Waals surface area contributed by atoms with Crippen LogP contribution in [0.5, 0.6) is 0 Å². The molecule has 3 nitrogen and oxygen atoms in total. The van der Waals surface area contributed by atoms with Gasteiger partial charge in [-0.15, -0.1) is 0 Å². The highest BCUT2D eigenvalue weighted by molar-refractivity contribution is 6.24. The van der Waals surface area contributed by atoms with Crippen LogP contribution < -0.4 is 4.90 Å². The van der Waals surface area contributed by atoms with Crippen molar-refractivity contribution in [1.29, 1.82) is 0 Å². The van der Waals surface area contributed by atoms with Crippen molar-refractivity contribution in [1.82, 2.24) is 9.13 Å². The van der Waals surface area contributed by atoms with Crippen molar-refractivity contribution >= 4 is 71.4 Å². The Morgan fingerprint density at radius 3 is 1.53 bits per heavy atom. The second-order valence-corrected chi connectivity index (χ2v) is 12.9. The molecule has 0 bridgehead atoms. The maximum absolute atomic E-state index is 2.48. The SMILES string of the molecule is c1ccc(N2c3cccc4cccc(c34)-c3ccc4c(c32)c2ccccc2n4-c2ccc(-n3c4ccccc4c4ccccc43)cc2)cc1. The highest BCUT2D eigenvalue weighted by Crippen LogP contribution is 2.55. The maximum Gasteiger partial charge on any atom is 0.0640 e. The Morgan fingerprint density at radius 1 is 0.306 bits per heavy atom. The van der Waals surface area contributed by atoms with Crippen LogP contribution in [0, 0.1) is 0 Å². The summed E-state index contributed by atoms with van der Waals surface area (Å²) < 4.78 is 4.82. The molecule has 0 N–H and O–H groups in total. The van der Waals surface area contributed by atoms with Crippen LogP contribution in [0.2, 0.25) is 0 Å². The van der Waals surface area contributed by atoms with E-state index in [1.807, 2.05) is 0 Å². The Kier molecular flexibility index (Phi) is 5.38. The van der Waals surface area contributed by atoms with Gasteiger partial charge in [-0.3, -0.25) is 0 Å². The number of fused-ring (bicyclic) bond motifs is 9. The number of hydrogen-bond acceptors (Lipinski definition) is 1. The van der Waals surface area contributed by atoms with E-state index in [1.165, 1.54) is 76.9 Å². The molecule has 228 valence electrons. The number of para-hydroxylation sites is 4. The molecule has 0 saturated heterocycles. The molecule has 0 aliphatic carbocycles. The Balaban J connectivity index is 1.18. The van der Waals surface area contributed by atoms with Crippen molar-refractivity contribution in [2.75, 3.05) is 4.90 Å². The molecule has 0 unspecified atom stereocenters. The minimum Gasteiger partial charge on any atom is -0.309 e. The lowest BCUT2D eigenvalue weighted by molar-refractivity contribution is 1.14. The van der Waals surface area contributed by atoms with E-state index >= 15 is 0 Å². The van der Waals surface area contributed by atoms with Crippen LogP contribution in [-0.4, -0.2) is 9.13 Å². The average molecular weight is 624 g/mol. The highest BCUT2D eigenvalue weighted by Gasteiger charge is 2.30. The van der Waals surface area contributed by atoms with Gasteiger partial charge in [-0.25, -0.2) is 0 Å². The van der Waals surface area contributed by atoms with Crippen molar-refractivity contribution in [2.24, 2.45) is 0 Å². The maximum atomic E-state index is 2.48. The molecule has 2 aromatic heterocycles. The van der Waals surface area contributed by atoms with E-state index in [-0.39, 0.29) is 0 Å². The van der Waals surface area contributed by atoms with E-state index < -0.39 is 0 Å². The summed E-state index contributed by atoms with van der Waals surface area (Å²) in [6.07, 6.45) is 0. The number of hydrogen-bond donors (Lipinski definition) is 0. The zero-order valence-electron chi connectivity index (χ0n) is 26.6. The third kappa shape index (κ3) is 3.62. The molecule has 3 heteroatoms. The third-order valence-corrected chi connectivity index (χ3v) is 10.4. The molecule has 1 aliphatic rings. The summed E-state index contributed by atoms with van der Waals surface area (Å²) in [5.74, 6) is 0. The molecule has 0 radical (unpaired) electrons. The van der Waals surface area contributed by atoms with E-state index in [0.717, 1.165) is 17.1 Å². The van der Waals surface area contributed by atoms with Gasteiger partial charge in [0.2, 0.25) is 0 Å². The lowest BCUT2D eigenvalue weighted by Crippen LogP contribution is -2.15. The monoisotopic (exact) mass is 623 g/mol. The highest BCUT2D eigenvalue weighted by atomic mass is 15.2. The molecule has 3 heterocycles. The van der Waals surface area contributed by atoms with Gasteiger partial charge in [0.25, 0.3) is 0 Å². The zero-order chi connectivity index (χ0) is 32.1. The van der Waals surface area contributed by atoms with E-state index in [1.54, 1.807) is 0 Å². The number of aromatic nitrogens is 2. The topological polar surface area (TPSA) is 13.1 Å². The van der Waals surface area contributed by atoms with Gasteiger partial charge >= 0.3 is 0 Å². The van der Waals surface area contributed by atoms with Crippen molar-refractivity contribution < 1.29 is 0 Å². The smallest absolute Gasteiger partial charge is 0.0640 e. The van der Waals surface area contributed by atoms with Gasteiger partial charge in [-0.05, 0) is 77.7 Å². The molecular formula is C46H29N3. The molecule has 0 spiro atoms. The second kappa shape index (κ2) is 9.96. The quantitative estimate of drug-likeness (QED) is 0.191. The van der Waals surface area contributed by atoms with Crippen molar-refractivity contribution in [3.05, 3.63) is 176 Å². The summed E-state index contributed by atoms with van der Waals surface area (Å²) in [7, 11) is 0. The summed E-state index contributed by atoms with van der Waals surface area (Å²) in [4.78, 5) is 2.48. The minimum absolute atomic E-state index is 1.14. The predicted octanol–water partition coefficient (Wildman–Crippen LogP) is 12.5. The summed E-state index contributed by atoms with van der Waals surface area (Å²) in [6.45, 7) is 0. The average Bonchev–Trinajstić information content (AvgIpc) is 3.69. The van der Waals surface area contributed by atoms with Gasteiger partial charge in [0, 0.05) is 49.6 Å². The van der Waals surface area contributed by atoms with Gasteiger partial charge in [-0.1, -0.05) is 109 Å². The summed E-state index contributed by atoms with van der Waals surface area (Å²) >= 11 is 0. The van der Waals surface area contributed by atoms with Crippen LogP contribution >= 0.6 is 0 Å². The first kappa shape index (κ1) is 26.5. The number of anilines is 3. The first-order chi connectivity index (χ1) is 24.3. The van der Waals surface area contributed by atoms with Crippen LogP contribution in [0.4, 0.5) is 17.1 Å². The molecule has 10 aromatic rings. The fourth-order valence-electron chi connectivity index (χ4n) is 8.42. The molecule has 1 aliphatic heterocycles. The lowest BCUT2D eigenvalue weighted by atomic mass is 9.89. The van der Waals surface area contributed by atoms with Gasteiger partial charge in [0.05, 0.1) is 33.4 Å². The van der Waals surface area contributed by atoms with Gasteiger partial charge in [-0.2, -0.15) is 0 Å². The first-order valence-electron chi connectivity index (χ1n) is 16.9. The van der Waals surface area contributed by atoms with Crippen molar-refractivity contribution in [3.63, 3.8) is 0 Å². The van der Waals surface area contributed by atoms with Gasteiger partial charge in [0.1, 0.15) is 0 Å². The van der Waals surface area contributed by atoms with E-state index in [0.29, 0.717) is 0 Å². The molecule has 49 heavy (non-hydrogen) atoms. The minimum atomic E-state index is 1.14. The molecule has 0 fully saturated rings. The summed E-state index contributed by atoms with van der Waals surface area (Å²) in [5, 5.41) is 7.60. The van der Waals surface area contributed by atoms with Crippen LogP contribution in [0.25, 0.3) is 76.9 Å². The normalized spacial score (nSPS) is 12.4. The molecule has 11 rings (SSSR count). The summed E-state index contributed by atoms with van der Waals surface area (Å²) in [5.41, 5.74) is 13.3. The molecule has 0 atom stereocenters. The molecule has 8 aromatic carbocycles. The standard InChI is InChI=1S/C46H29N3/c1-2-14-31(15-3-1)49-42-23-11-13-30-12-10-19-36(44(30)42)37-28-29-43-45(46(37)49)38-18-6-9-22-41(38)48(43)33-26-24-32(25-27-33)47-39-20-7-4-16-34(39)35-17-5-8-21-40(35)47/h1-29H. The van der Waals surface area contributed by atoms with E-state index in [4.69, 9.17) is 0 Å². The van der Waals surface area contributed by atoms with Crippen molar-refractivity contribution in [2.45, 2.75) is 0 Å². The number of benzene rings is 8. The largest absolute Gasteiger partial charge is 0.309 e. The summed E-state index contributed by atoms with van der Waals surface area (Å²) in [6, 6.07) is 64.2. The van der Waals surface area contributed by atoms with Crippen LogP contribution in [-0.2, 0) is 0 Å². The van der Waals surface area contributed by atoms with Crippen molar-refractivity contribution in [3.8, 4) is 22.5 Å². The van der Waals surface area contributed by atoms with E-state index in [9.17, 15) is 0 Å². The van der Waals surface area contributed by atoms with Gasteiger partial charge in [0.15, 0.2) is 0 Å². The number of nitrogens with zero attached hydrogens (tertiary/aromatic N) is 3. The second-order valence-electron chi connectivity index (χ2n) is 12.9. The Bertz CT molecular complexity index is 2870. The predicted molar refractivity (Wildman–Crippen MR) is 206 cm³/mol. The van der Waals surface area contributed by atoms with Crippen LogP contribution in [0.15, 0.2) is 176 Å². The zero-order valence-corrected chi connectivity index (χ0v) is 26.6. The Morgan fingerprint density at radius 2 is 0.857 bits per heavy atom. The number of rotatable bonds is 3. The fourth-order valence-corrected chi connectivity index (χ4v) is 8.42. The molecule has 0 saturated carbocycles. The molecular weight excluding hydrogens is 595 g/mol. The fraction of sp³-hybridized carbons (Fsp3) is 0. The van der Waals surface area contributed by atoms with E-state index in [2.05, 4.69) is 190 Å². The molecule has 0 amide bonds. The Hall–Kier alpha value is -6.58. The first-order valence-corrected chi connectivity index (χ1v) is 16.9. The lowest BCUT2D eigenvalue weighted by Gasteiger charge is -2.34. The van der Waals surface area contributed by atoms with Crippen LogP contribution in [0.1, 0.15) is 0 Å². The third-order valence-electron chi connectivity index (χ3n) is 10.4. The van der Waals surface area contributed by atoms with Gasteiger partial charge < -0.3 is 14.0 Å². The Labute approximate surface area is 283 Å².